The Hall–Kier alpha value is -1.26. The summed E-state index contributed by atoms with van der Waals surface area (Å²) >= 11 is 3.48. The Kier molecular flexibility index (Phi) is 3.15. The number of aromatic nitrogens is 2. The zero-order chi connectivity index (χ0) is 13.5. The molecule has 1 aromatic carbocycles. The van der Waals surface area contributed by atoms with Crippen LogP contribution in [0.2, 0.25) is 0 Å². The number of hydrogen-bond donors (Lipinski definition) is 1. The molecule has 1 N–H and O–H groups in total. The van der Waals surface area contributed by atoms with E-state index in [9.17, 15) is 5.11 Å². The van der Waals surface area contributed by atoms with Crippen LogP contribution in [0.1, 0.15) is 24.4 Å². The van der Waals surface area contributed by atoms with Crippen molar-refractivity contribution in [1.29, 1.82) is 0 Å². The van der Waals surface area contributed by atoms with Crippen LogP contribution in [0.25, 0.3) is 11.3 Å². The third-order valence-corrected chi connectivity index (χ3v) is 4.10. The van der Waals surface area contributed by atoms with Crippen molar-refractivity contribution in [2.24, 2.45) is 0 Å². The second kappa shape index (κ2) is 4.69. The van der Waals surface area contributed by atoms with Gasteiger partial charge in [0.05, 0.1) is 17.7 Å². The molecule has 0 atom stereocenters. The summed E-state index contributed by atoms with van der Waals surface area (Å²) in [4.78, 5) is 9.16. The maximum Gasteiger partial charge on any atom is 0.137 e. The highest BCUT2D eigenvalue weighted by Crippen LogP contribution is 2.46. The molecule has 0 unspecified atom stereocenters. The Morgan fingerprint density at radius 3 is 2.68 bits per heavy atom. The topological polar surface area (TPSA) is 46.0 Å². The van der Waals surface area contributed by atoms with Crippen molar-refractivity contribution in [2.45, 2.75) is 25.2 Å². The Morgan fingerprint density at radius 1 is 1.26 bits per heavy atom. The number of aliphatic hydroxyl groups excluding tert-OH is 1. The van der Waals surface area contributed by atoms with Crippen LogP contribution in [0.5, 0.6) is 0 Å². The van der Waals surface area contributed by atoms with Crippen LogP contribution in [0.15, 0.2) is 34.8 Å². The number of hydrogen-bond acceptors (Lipinski definition) is 3. The lowest BCUT2D eigenvalue weighted by atomic mass is 10.1. The van der Waals surface area contributed by atoms with Gasteiger partial charge in [-0.05, 0) is 38.0 Å². The Morgan fingerprint density at radius 2 is 2.05 bits per heavy atom. The lowest BCUT2D eigenvalue weighted by molar-refractivity contribution is 0.249. The van der Waals surface area contributed by atoms with E-state index in [0.717, 1.165) is 40.1 Å². The normalized spacial score (nSPS) is 16.4. The lowest BCUT2D eigenvalue weighted by Gasteiger charge is -2.12. The fraction of sp³-hybridized carbons (Fsp3) is 0.333. The largest absolute Gasteiger partial charge is 0.395 e. The van der Waals surface area contributed by atoms with Crippen LogP contribution < -0.4 is 0 Å². The van der Waals surface area contributed by atoms with Gasteiger partial charge in [0.2, 0.25) is 0 Å². The zero-order valence-corrected chi connectivity index (χ0v) is 12.3. The number of nitrogens with zero attached hydrogens (tertiary/aromatic N) is 2. The summed E-state index contributed by atoms with van der Waals surface area (Å²) in [6.45, 7) is 2.11. The minimum atomic E-state index is -0.188. The number of aliphatic hydroxyl groups is 1. The predicted molar refractivity (Wildman–Crippen MR) is 77.9 cm³/mol. The smallest absolute Gasteiger partial charge is 0.137 e. The number of halogens is 1. The minimum absolute atomic E-state index is 0.133. The van der Waals surface area contributed by atoms with Crippen molar-refractivity contribution in [3.05, 3.63) is 46.3 Å². The molecule has 98 valence electrons. The van der Waals surface area contributed by atoms with Crippen LogP contribution >= 0.6 is 15.9 Å². The SMILES string of the molecule is Cc1cc(-c2cccc(Br)c2)nc(C2(CO)CC2)n1. The average molecular weight is 319 g/mol. The predicted octanol–water partition coefficient (Wildman–Crippen LogP) is 3.24. The molecule has 2 aromatic rings. The van der Waals surface area contributed by atoms with E-state index in [0.29, 0.717) is 0 Å². The third-order valence-electron chi connectivity index (χ3n) is 3.61. The summed E-state index contributed by atoms with van der Waals surface area (Å²) in [5.41, 5.74) is 2.74. The van der Waals surface area contributed by atoms with Crippen molar-refractivity contribution in [1.82, 2.24) is 9.97 Å². The molecule has 0 aliphatic heterocycles. The van der Waals surface area contributed by atoms with Gasteiger partial charge in [0.1, 0.15) is 5.82 Å². The zero-order valence-electron chi connectivity index (χ0n) is 10.7. The fourth-order valence-electron chi connectivity index (χ4n) is 2.20. The van der Waals surface area contributed by atoms with Crippen LogP contribution in [-0.4, -0.2) is 21.7 Å². The molecule has 0 saturated heterocycles. The standard InChI is InChI=1S/C15H15BrN2O/c1-10-7-13(11-3-2-4-12(16)8-11)18-14(17-10)15(9-19)5-6-15/h2-4,7-8,19H,5-6,9H2,1H3. The van der Waals surface area contributed by atoms with Crippen molar-refractivity contribution >= 4 is 15.9 Å². The second-order valence-corrected chi connectivity index (χ2v) is 6.08. The van der Waals surface area contributed by atoms with Gasteiger partial charge in [0.25, 0.3) is 0 Å². The molecule has 19 heavy (non-hydrogen) atoms. The number of rotatable bonds is 3. The first kappa shape index (κ1) is 12.8. The van der Waals surface area contributed by atoms with E-state index >= 15 is 0 Å². The van der Waals surface area contributed by atoms with Crippen LogP contribution in [-0.2, 0) is 5.41 Å². The molecule has 1 aromatic heterocycles. The molecule has 0 bridgehead atoms. The van der Waals surface area contributed by atoms with Gasteiger partial charge in [-0.1, -0.05) is 28.1 Å². The molecule has 0 radical (unpaired) electrons. The monoisotopic (exact) mass is 318 g/mol. The van der Waals surface area contributed by atoms with E-state index in [4.69, 9.17) is 0 Å². The van der Waals surface area contributed by atoms with Crippen molar-refractivity contribution < 1.29 is 5.11 Å². The van der Waals surface area contributed by atoms with Gasteiger partial charge in [-0.15, -0.1) is 0 Å². The van der Waals surface area contributed by atoms with E-state index in [1.165, 1.54) is 0 Å². The summed E-state index contributed by atoms with van der Waals surface area (Å²) in [6, 6.07) is 10.1. The van der Waals surface area contributed by atoms with Crippen LogP contribution in [0.3, 0.4) is 0 Å². The highest BCUT2D eigenvalue weighted by molar-refractivity contribution is 9.10. The first-order valence-corrected chi connectivity index (χ1v) is 7.15. The highest BCUT2D eigenvalue weighted by atomic mass is 79.9. The summed E-state index contributed by atoms with van der Waals surface area (Å²) in [5, 5.41) is 9.52. The number of benzene rings is 1. The maximum absolute atomic E-state index is 9.52. The van der Waals surface area contributed by atoms with E-state index in [2.05, 4.69) is 25.9 Å². The van der Waals surface area contributed by atoms with E-state index in [1.54, 1.807) is 0 Å². The summed E-state index contributed by atoms with van der Waals surface area (Å²) in [5.74, 6) is 0.782. The molecule has 1 fully saturated rings. The highest BCUT2D eigenvalue weighted by Gasteiger charge is 2.46. The van der Waals surface area contributed by atoms with Gasteiger partial charge >= 0.3 is 0 Å². The summed E-state index contributed by atoms with van der Waals surface area (Å²) < 4.78 is 1.03. The molecular weight excluding hydrogens is 304 g/mol. The van der Waals surface area contributed by atoms with E-state index < -0.39 is 0 Å². The lowest BCUT2D eigenvalue weighted by Crippen LogP contribution is -2.17. The maximum atomic E-state index is 9.52. The van der Waals surface area contributed by atoms with E-state index in [1.807, 2.05) is 37.3 Å². The van der Waals surface area contributed by atoms with Crippen molar-refractivity contribution in [3.8, 4) is 11.3 Å². The van der Waals surface area contributed by atoms with Crippen LogP contribution in [0, 0.1) is 6.92 Å². The molecule has 0 spiro atoms. The second-order valence-electron chi connectivity index (χ2n) is 5.17. The van der Waals surface area contributed by atoms with Gasteiger partial charge < -0.3 is 5.11 Å². The summed E-state index contributed by atoms with van der Waals surface area (Å²) in [7, 11) is 0. The van der Waals surface area contributed by atoms with Crippen molar-refractivity contribution in [2.75, 3.05) is 6.61 Å². The molecular formula is C15H15BrN2O. The Bertz CT molecular complexity index is 623. The average Bonchev–Trinajstić information content (AvgIpc) is 3.19. The van der Waals surface area contributed by atoms with Gasteiger partial charge in [0, 0.05) is 15.7 Å². The van der Waals surface area contributed by atoms with Gasteiger partial charge in [-0.3, -0.25) is 0 Å². The van der Waals surface area contributed by atoms with Crippen LogP contribution in [0.4, 0.5) is 0 Å². The quantitative estimate of drug-likeness (QED) is 0.945. The molecule has 3 nitrogen and oxygen atoms in total. The van der Waals surface area contributed by atoms with Crippen molar-refractivity contribution in [3.63, 3.8) is 0 Å². The van der Waals surface area contributed by atoms with Gasteiger partial charge in [0.15, 0.2) is 0 Å². The first-order valence-electron chi connectivity index (χ1n) is 6.36. The molecule has 1 aliphatic rings. The molecule has 0 amide bonds. The molecule has 1 aliphatic carbocycles. The van der Waals surface area contributed by atoms with Gasteiger partial charge in [-0.2, -0.15) is 0 Å². The first-order chi connectivity index (χ1) is 9.13. The Labute approximate surface area is 120 Å². The summed E-state index contributed by atoms with van der Waals surface area (Å²) in [6.07, 6.45) is 1.95. The van der Waals surface area contributed by atoms with E-state index in [-0.39, 0.29) is 12.0 Å². The van der Waals surface area contributed by atoms with Gasteiger partial charge in [-0.25, -0.2) is 9.97 Å². The minimum Gasteiger partial charge on any atom is -0.395 e. The third kappa shape index (κ3) is 2.42. The molecule has 4 heteroatoms. The number of aryl methyl sites for hydroxylation is 1. The fourth-order valence-corrected chi connectivity index (χ4v) is 2.60. The molecule has 1 saturated carbocycles. The molecule has 3 rings (SSSR count). The molecule has 1 heterocycles. The Balaban J connectivity index is 2.08.